The Labute approximate surface area is 94.4 Å². The normalized spacial score (nSPS) is 12.7. The first-order valence-electron chi connectivity index (χ1n) is 5.29. The molecule has 0 aliphatic heterocycles. The number of hydrogen-bond donors (Lipinski definition) is 1. The molecule has 1 unspecified atom stereocenters. The summed E-state index contributed by atoms with van der Waals surface area (Å²) >= 11 is 0. The molecule has 0 saturated heterocycles. The van der Waals surface area contributed by atoms with Crippen molar-refractivity contribution in [3.63, 3.8) is 0 Å². The number of oxazole rings is 1. The smallest absolute Gasteiger partial charge is 0.373 e. The number of nitrogens with zero attached hydrogens (tertiary/aromatic N) is 1. The lowest BCUT2D eigenvalue weighted by molar-refractivity contribution is 0.0657. The Balaban J connectivity index is 2.78. The summed E-state index contributed by atoms with van der Waals surface area (Å²) in [5.41, 5.74) is 0.507. The van der Waals surface area contributed by atoms with Gasteiger partial charge in [-0.05, 0) is 12.3 Å². The minimum absolute atomic E-state index is 0.0397. The summed E-state index contributed by atoms with van der Waals surface area (Å²) < 4.78 is 10.2. The van der Waals surface area contributed by atoms with Crippen LogP contribution in [-0.2, 0) is 17.6 Å². The number of rotatable bonds is 6. The van der Waals surface area contributed by atoms with Gasteiger partial charge in [-0.3, -0.25) is 0 Å². The number of aromatic carboxylic acids is 1. The first kappa shape index (κ1) is 12.7. The molecule has 0 aromatic carbocycles. The number of aromatic nitrogens is 1. The highest BCUT2D eigenvalue weighted by molar-refractivity contribution is 5.85. The van der Waals surface area contributed by atoms with Crippen molar-refractivity contribution in [1.29, 1.82) is 0 Å². The van der Waals surface area contributed by atoms with E-state index in [1.54, 1.807) is 7.11 Å². The minimum atomic E-state index is -1.06. The fraction of sp³-hybridized carbons (Fsp3) is 0.636. The highest BCUT2D eigenvalue weighted by atomic mass is 16.5. The third-order valence-electron chi connectivity index (χ3n) is 2.25. The van der Waals surface area contributed by atoms with Gasteiger partial charge in [0.15, 0.2) is 5.89 Å². The standard InChI is InChI=1S/C11H17NO4/c1-4-8-10(11(13)14)16-9(12-8)5-7(2)6-15-3/h7H,4-6H2,1-3H3,(H,13,14). The zero-order chi connectivity index (χ0) is 12.1. The van der Waals surface area contributed by atoms with Crippen LogP contribution in [-0.4, -0.2) is 29.8 Å². The molecular formula is C11H17NO4. The molecule has 0 fully saturated rings. The second-order valence-electron chi connectivity index (χ2n) is 3.81. The monoisotopic (exact) mass is 227 g/mol. The van der Waals surface area contributed by atoms with Crippen molar-refractivity contribution in [2.45, 2.75) is 26.7 Å². The third kappa shape index (κ3) is 3.06. The van der Waals surface area contributed by atoms with Crippen molar-refractivity contribution in [2.75, 3.05) is 13.7 Å². The maximum absolute atomic E-state index is 10.8. The molecule has 0 saturated carbocycles. The number of carbonyl (C=O) groups is 1. The molecule has 1 N–H and O–H groups in total. The van der Waals surface area contributed by atoms with Crippen LogP contribution in [0.3, 0.4) is 0 Å². The Morgan fingerprint density at radius 2 is 2.31 bits per heavy atom. The average molecular weight is 227 g/mol. The number of carboxylic acid groups (broad SMARTS) is 1. The quantitative estimate of drug-likeness (QED) is 0.801. The average Bonchev–Trinajstić information content (AvgIpc) is 2.61. The van der Waals surface area contributed by atoms with Crippen LogP contribution in [0.15, 0.2) is 4.42 Å². The summed E-state index contributed by atoms with van der Waals surface area (Å²) in [7, 11) is 1.63. The van der Waals surface area contributed by atoms with E-state index in [9.17, 15) is 4.79 Å². The molecule has 0 amide bonds. The van der Waals surface area contributed by atoms with E-state index in [1.165, 1.54) is 0 Å². The zero-order valence-corrected chi connectivity index (χ0v) is 9.82. The van der Waals surface area contributed by atoms with Gasteiger partial charge in [0, 0.05) is 20.1 Å². The van der Waals surface area contributed by atoms with Gasteiger partial charge in [0.05, 0.1) is 5.69 Å². The second-order valence-corrected chi connectivity index (χ2v) is 3.81. The van der Waals surface area contributed by atoms with E-state index in [0.29, 0.717) is 31.0 Å². The molecule has 1 aromatic rings. The van der Waals surface area contributed by atoms with Crippen LogP contribution in [0.2, 0.25) is 0 Å². The van der Waals surface area contributed by atoms with Gasteiger partial charge in [-0.15, -0.1) is 0 Å². The van der Waals surface area contributed by atoms with Crippen LogP contribution in [0, 0.1) is 5.92 Å². The molecule has 0 radical (unpaired) electrons. The predicted octanol–water partition coefficient (Wildman–Crippen LogP) is 1.76. The molecule has 90 valence electrons. The van der Waals surface area contributed by atoms with Crippen molar-refractivity contribution in [3.8, 4) is 0 Å². The molecule has 5 nitrogen and oxygen atoms in total. The Kier molecular flexibility index (Phi) is 4.49. The van der Waals surface area contributed by atoms with E-state index >= 15 is 0 Å². The molecule has 1 rings (SSSR count). The largest absolute Gasteiger partial charge is 0.475 e. The second kappa shape index (κ2) is 5.65. The molecular weight excluding hydrogens is 210 g/mol. The van der Waals surface area contributed by atoms with E-state index in [-0.39, 0.29) is 11.7 Å². The first-order chi connectivity index (χ1) is 7.58. The Bertz CT molecular complexity index is 359. The van der Waals surface area contributed by atoms with E-state index in [1.807, 2.05) is 13.8 Å². The topological polar surface area (TPSA) is 72.6 Å². The van der Waals surface area contributed by atoms with E-state index in [2.05, 4.69) is 4.98 Å². The number of carboxylic acids is 1. The lowest BCUT2D eigenvalue weighted by Crippen LogP contribution is -2.07. The van der Waals surface area contributed by atoms with Gasteiger partial charge in [-0.25, -0.2) is 9.78 Å². The van der Waals surface area contributed by atoms with Gasteiger partial charge in [-0.1, -0.05) is 13.8 Å². The fourth-order valence-corrected chi connectivity index (χ4v) is 1.54. The van der Waals surface area contributed by atoms with Crippen molar-refractivity contribution in [2.24, 2.45) is 5.92 Å². The summed E-state index contributed by atoms with van der Waals surface area (Å²) in [4.78, 5) is 15.0. The molecule has 1 aromatic heterocycles. The van der Waals surface area contributed by atoms with Gasteiger partial charge >= 0.3 is 5.97 Å². The van der Waals surface area contributed by atoms with Crippen molar-refractivity contribution in [3.05, 3.63) is 17.3 Å². The summed E-state index contributed by atoms with van der Waals surface area (Å²) in [6.45, 7) is 4.46. The predicted molar refractivity (Wildman–Crippen MR) is 57.6 cm³/mol. The van der Waals surface area contributed by atoms with Crippen molar-refractivity contribution >= 4 is 5.97 Å². The molecule has 1 heterocycles. The Hall–Kier alpha value is -1.36. The van der Waals surface area contributed by atoms with Gasteiger partial charge in [-0.2, -0.15) is 0 Å². The lowest BCUT2D eigenvalue weighted by Gasteiger charge is -2.05. The highest BCUT2D eigenvalue weighted by Crippen LogP contribution is 2.15. The van der Waals surface area contributed by atoms with Crippen LogP contribution in [0.1, 0.15) is 36.0 Å². The highest BCUT2D eigenvalue weighted by Gasteiger charge is 2.19. The fourth-order valence-electron chi connectivity index (χ4n) is 1.54. The van der Waals surface area contributed by atoms with Crippen LogP contribution in [0.25, 0.3) is 0 Å². The van der Waals surface area contributed by atoms with Crippen LogP contribution in [0.5, 0.6) is 0 Å². The van der Waals surface area contributed by atoms with Gasteiger partial charge < -0.3 is 14.3 Å². The number of ether oxygens (including phenoxy) is 1. The van der Waals surface area contributed by atoms with Crippen molar-refractivity contribution in [1.82, 2.24) is 4.98 Å². The molecule has 0 aliphatic carbocycles. The van der Waals surface area contributed by atoms with E-state index < -0.39 is 5.97 Å². The van der Waals surface area contributed by atoms with Gasteiger partial charge in [0.1, 0.15) is 0 Å². The number of hydrogen-bond acceptors (Lipinski definition) is 4. The van der Waals surface area contributed by atoms with Gasteiger partial charge in [0.25, 0.3) is 0 Å². The summed E-state index contributed by atoms with van der Waals surface area (Å²) in [5.74, 6) is -0.370. The molecule has 16 heavy (non-hydrogen) atoms. The Morgan fingerprint density at radius 3 is 2.75 bits per heavy atom. The SMILES string of the molecule is CCc1nc(CC(C)COC)oc1C(=O)O. The summed E-state index contributed by atoms with van der Waals surface area (Å²) in [6, 6.07) is 0. The first-order valence-corrected chi connectivity index (χ1v) is 5.29. The molecule has 5 heteroatoms. The summed E-state index contributed by atoms with van der Waals surface area (Å²) in [5, 5.41) is 8.89. The molecule has 0 aliphatic rings. The van der Waals surface area contributed by atoms with Crippen LogP contribution < -0.4 is 0 Å². The number of aryl methyl sites for hydroxylation is 1. The van der Waals surface area contributed by atoms with E-state index in [0.717, 1.165) is 0 Å². The van der Waals surface area contributed by atoms with Crippen molar-refractivity contribution < 1.29 is 19.1 Å². The maximum atomic E-state index is 10.8. The Morgan fingerprint density at radius 1 is 1.62 bits per heavy atom. The maximum Gasteiger partial charge on any atom is 0.373 e. The van der Waals surface area contributed by atoms with Crippen LogP contribution in [0.4, 0.5) is 0 Å². The molecule has 0 bridgehead atoms. The van der Waals surface area contributed by atoms with E-state index in [4.69, 9.17) is 14.3 Å². The third-order valence-corrected chi connectivity index (χ3v) is 2.25. The van der Waals surface area contributed by atoms with Crippen LogP contribution >= 0.6 is 0 Å². The molecule has 0 spiro atoms. The molecule has 1 atom stereocenters. The number of methoxy groups -OCH3 is 1. The lowest BCUT2D eigenvalue weighted by atomic mass is 10.1. The minimum Gasteiger partial charge on any atom is -0.475 e. The van der Waals surface area contributed by atoms with Gasteiger partial charge in [0.2, 0.25) is 5.76 Å². The zero-order valence-electron chi connectivity index (χ0n) is 9.82. The summed E-state index contributed by atoms with van der Waals surface area (Å²) in [6.07, 6.45) is 1.15.